The van der Waals surface area contributed by atoms with Crippen LogP contribution in [0.2, 0.25) is 0 Å². The van der Waals surface area contributed by atoms with E-state index in [2.05, 4.69) is 5.32 Å². The molecule has 1 N–H and O–H groups in total. The molecule has 0 saturated carbocycles. The van der Waals surface area contributed by atoms with Crippen molar-refractivity contribution in [3.63, 3.8) is 0 Å². The zero-order chi connectivity index (χ0) is 11.0. The zero-order valence-electron chi connectivity index (χ0n) is 8.70. The second-order valence-electron chi connectivity index (χ2n) is 3.75. The number of amides is 1. The number of nitrogens with one attached hydrogen (secondary N) is 1. The molecule has 0 atom stereocenters. The minimum absolute atomic E-state index is 0.235. The van der Waals surface area contributed by atoms with Gasteiger partial charge in [-0.1, -0.05) is 6.92 Å². The van der Waals surface area contributed by atoms with Crippen molar-refractivity contribution >= 4 is 15.9 Å². The van der Waals surface area contributed by atoms with Crippen molar-refractivity contribution in [3.05, 3.63) is 0 Å². The smallest absolute Gasteiger partial charge is 0.258 e. The van der Waals surface area contributed by atoms with Gasteiger partial charge in [-0.3, -0.25) is 4.79 Å². The van der Waals surface area contributed by atoms with Gasteiger partial charge in [-0.05, 0) is 20.4 Å². The Labute approximate surface area is 84.5 Å². The van der Waals surface area contributed by atoms with Crippen LogP contribution >= 0.6 is 0 Å². The SMILES string of the molecule is CCNCCN1C(=O)C(C)(C)S1(=O)=O. The van der Waals surface area contributed by atoms with E-state index < -0.39 is 14.8 Å². The Morgan fingerprint density at radius 3 is 2.43 bits per heavy atom. The summed E-state index contributed by atoms with van der Waals surface area (Å²) in [7, 11) is -3.39. The van der Waals surface area contributed by atoms with E-state index in [1.165, 1.54) is 13.8 Å². The summed E-state index contributed by atoms with van der Waals surface area (Å²) in [5, 5.41) is 2.97. The normalized spacial score (nSPS) is 23.4. The van der Waals surface area contributed by atoms with E-state index in [0.29, 0.717) is 6.54 Å². The van der Waals surface area contributed by atoms with Crippen molar-refractivity contribution < 1.29 is 13.2 Å². The van der Waals surface area contributed by atoms with Gasteiger partial charge < -0.3 is 5.32 Å². The van der Waals surface area contributed by atoms with Crippen molar-refractivity contribution in [2.75, 3.05) is 19.6 Å². The summed E-state index contributed by atoms with van der Waals surface area (Å²) in [5.74, 6) is -0.310. The van der Waals surface area contributed by atoms with Crippen molar-refractivity contribution in [3.8, 4) is 0 Å². The molecule has 0 aromatic heterocycles. The van der Waals surface area contributed by atoms with Crippen molar-refractivity contribution in [2.24, 2.45) is 0 Å². The maximum absolute atomic E-state index is 11.6. The predicted octanol–water partition coefficient (Wildman–Crippen LogP) is -0.453. The molecule has 1 fully saturated rings. The molecule has 0 bridgehead atoms. The summed E-state index contributed by atoms with van der Waals surface area (Å²) in [6.07, 6.45) is 0. The molecule has 0 aromatic carbocycles. The second kappa shape index (κ2) is 3.51. The van der Waals surface area contributed by atoms with Crippen LogP contribution in [0.25, 0.3) is 0 Å². The first-order valence-corrected chi connectivity index (χ1v) is 6.07. The highest BCUT2D eigenvalue weighted by molar-refractivity contribution is 7.94. The highest BCUT2D eigenvalue weighted by atomic mass is 32.2. The van der Waals surface area contributed by atoms with E-state index in [1.807, 2.05) is 6.92 Å². The van der Waals surface area contributed by atoms with Gasteiger partial charge in [-0.25, -0.2) is 12.7 Å². The molecule has 0 unspecified atom stereocenters. The number of rotatable bonds is 4. The minimum Gasteiger partial charge on any atom is -0.315 e. The fourth-order valence-electron chi connectivity index (χ4n) is 1.34. The minimum atomic E-state index is -3.39. The van der Waals surface area contributed by atoms with Crippen LogP contribution in [-0.4, -0.2) is 43.0 Å². The summed E-state index contributed by atoms with van der Waals surface area (Å²) in [6, 6.07) is 0. The number of sulfonamides is 1. The van der Waals surface area contributed by atoms with Crippen LogP contribution < -0.4 is 5.32 Å². The third-order valence-corrected chi connectivity index (χ3v) is 4.81. The lowest BCUT2D eigenvalue weighted by Gasteiger charge is -2.43. The topological polar surface area (TPSA) is 66.5 Å². The quantitative estimate of drug-likeness (QED) is 0.651. The summed E-state index contributed by atoms with van der Waals surface area (Å²) in [6.45, 7) is 6.32. The van der Waals surface area contributed by atoms with E-state index in [9.17, 15) is 13.2 Å². The molecule has 0 aliphatic carbocycles. The molecule has 1 heterocycles. The molecule has 1 saturated heterocycles. The Balaban J connectivity index is 2.63. The van der Waals surface area contributed by atoms with E-state index in [1.54, 1.807) is 0 Å². The van der Waals surface area contributed by atoms with E-state index in [-0.39, 0.29) is 12.5 Å². The average molecular weight is 220 g/mol. The van der Waals surface area contributed by atoms with Crippen LogP contribution in [0.3, 0.4) is 0 Å². The summed E-state index contributed by atoms with van der Waals surface area (Å²) < 4.78 is 22.8. The highest BCUT2D eigenvalue weighted by Gasteiger charge is 2.59. The average Bonchev–Trinajstić information content (AvgIpc) is 2.11. The fourth-order valence-corrected chi connectivity index (χ4v) is 2.86. The largest absolute Gasteiger partial charge is 0.315 e. The van der Waals surface area contributed by atoms with Crippen molar-refractivity contribution in [2.45, 2.75) is 25.5 Å². The molecule has 82 valence electrons. The maximum Gasteiger partial charge on any atom is 0.258 e. The molecule has 1 aliphatic rings. The van der Waals surface area contributed by atoms with Crippen LogP contribution in [0.1, 0.15) is 20.8 Å². The molecule has 6 heteroatoms. The zero-order valence-corrected chi connectivity index (χ0v) is 9.52. The standard InChI is InChI=1S/C8H16N2O3S/c1-4-9-5-6-10-7(11)8(2,3)14(10,12)13/h9H,4-6H2,1-3H3. The Hall–Kier alpha value is -0.620. The number of nitrogens with zero attached hydrogens (tertiary/aromatic N) is 1. The van der Waals surface area contributed by atoms with Gasteiger partial charge in [0.2, 0.25) is 0 Å². The van der Waals surface area contributed by atoms with Crippen LogP contribution in [0.5, 0.6) is 0 Å². The molecule has 14 heavy (non-hydrogen) atoms. The third kappa shape index (κ3) is 1.42. The fraction of sp³-hybridized carbons (Fsp3) is 0.875. The first kappa shape index (κ1) is 11.5. The first-order chi connectivity index (χ1) is 6.35. The Bertz CT molecular complexity index is 334. The first-order valence-electron chi connectivity index (χ1n) is 4.63. The summed E-state index contributed by atoms with van der Waals surface area (Å²) in [5.41, 5.74) is 0. The number of carbonyl (C=O) groups is 1. The lowest BCUT2D eigenvalue weighted by Crippen LogP contribution is -2.68. The van der Waals surface area contributed by atoms with Gasteiger partial charge in [0.15, 0.2) is 4.75 Å². The molecule has 1 amide bonds. The summed E-state index contributed by atoms with van der Waals surface area (Å²) >= 11 is 0. The van der Waals surface area contributed by atoms with Crippen LogP contribution in [0.4, 0.5) is 0 Å². The van der Waals surface area contributed by atoms with E-state index in [0.717, 1.165) is 10.8 Å². The third-order valence-electron chi connectivity index (χ3n) is 2.42. The monoisotopic (exact) mass is 220 g/mol. The Kier molecular flexibility index (Phi) is 2.87. The molecular weight excluding hydrogens is 204 g/mol. The van der Waals surface area contributed by atoms with Gasteiger partial charge in [0, 0.05) is 13.1 Å². The number of hydrogen-bond donors (Lipinski definition) is 1. The summed E-state index contributed by atoms with van der Waals surface area (Å²) in [4.78, 5) is 11.4. The predicted molar refractivity (Wildman–Crippen MR) is 53.3 cm³/mol. The number of hydrogen-bond acceptors (Lipinski definition) is 4. The molecular formula is C8H16N2O3S. The lowest BCUT2D eigenvalue weighted by molar-refractivity contribution is -0.132. The lowest BCUT2D eigenvalue weighted by atomic mass is 10.2. The highest BCUT2D eigenvalue weighted by Crippen LogP contribution is 2.33. The van der Waals surface area contributed by atoms with Gasteiger partial charge >= 0.3 is 0 Å². The molecule has 0 radical (unpaired) electrons. The number of carbonyl (C=O) groups excluding carboxylic acids is 1. The maximum atomic E-state index is 11.6. The van der Waals surface area contributed by atoms with Crippen molar-refractivity contribution in [1.29, 1.82) is 0 Å². The number of likely N-dealkylation sites (N-methyl/N-ethyl adjacent to an activating group) is 1. The van der Waals surface area contributed by atoms with Crippen molar-refractivity contribution in [1.82, 2.24) is 9.62 Å². The van der Waals surface area contributed by atoms with E-state index in [4.69, 9.17) is 0 Å². The van der Waals surface area contributed by atoms with Gasteiger partial charge in [0.25, 0.3) is 15.9 Å². The van der Waals surface area contributed by atoms with Crippen LogP contribution in [0.15, 0.2) is 0 Å². The van der Waals surface area contributed by atoms with Gasteiger partial charge in [0.1, 0.15) is 0 Å². The molecule has 0 aromatic rings. The molecule has 0 spiro atoms. The van der Waals surface area contributed by atoms with Crippen LogP contribution in [-0.2, 0) is 14.8 Å². The molecule has 5 nitrogen and oxygen atoms in total. The Morgan fingerprint density at radius 1 is 1.43 bits per heavy atom. The Morgan fingerprint density at radius 2 is 2.00 bits per heavy atom. The van der Waals surface area contributed by atoms with Crippen LogP contribution in [0, 0.1) is 0 Å². The van der Waals surface area contributed by atoms with Gasteiger partial charge in [-0.2, -0.15) is 0 Å². The van der Waals surface area contributed by atoms with Gasteiger partial charge in [0.05, 0.1) is 0 Å². The molecule has 1 aliphatic heterocycles. The van der Waals surface area contributed by atoms with Gasteiger partial charge in [-0.15, -0.1) is 0 Å². The van der Waals surface area contributed by atoms with E-state index >= 15 is 0 Å². The molecule has 1 rings (SSSR count). The second-order valence-corrected chi connectivity index (χ2v) is 6.16.